The van der Waals surface area contributed by atoms with Gasteiger partial charge in [-0.05, 0) is 0 Å². The van der Waals surface area contributed by atoms with Crippen LogP contribution in [0.4, 0.5) is 23.4 Å². The predicted molar refractivity (Wildman–Crippen MR) is 177 cm³/mol. The first-order valence-corrected chi connectivity index (χ1v) is 14.9. The summed E-state index contributed by atoms with van der Waals surface area (Å²) >= 11 is 0. The molecule has 4 heterocycles. The summed E-state index contributed by atoms with van der Waals surface area (Å²) in [7, 11) is 0. The second-order valence-electron chi connectivity index (χ2n) is 10.6. The van der Waals surface area contributed by atoms with Crippen LogP contribution in [0.2, 0.25) is 0 Å². The summed E-state index contributed by atoms with van der Waals surface area (Å²) in [6, 6.07) is 39.7. The highest BCUT2D eigenvalue weighted by atomic mass is 15.4. The molecule has 0 aliphatic carbocycles. The first-order valence-electron chi connectivity index (χ1n) is 14.9. The Bertz CT molecular complexity index is 1840. The lowest BCUT2D eigenvalue weighted by Crippen LogP contribution is -2.38. The topological polar surface area (TPSA) is 110 Å². The first kappa shape index (κ1) is 27.2. The van der Waals surface area contributed by atoms with Crippen LogP contribution in [0.5, 0.6) is 0 Å². The van der Waals surface area contributed by atoms with Crippen molar-refractivity contribution < 1.29 is 0 Å². The van der Waals surface area contributed by atoms with Crippen molar-refractivity contribution in [1.29, 1.82) is 0 Å². The Labute approximate surface area is 265 Å². The summed E-state index contributed by atoms with van der Waals surface area (Å²) in [4.78, 5) is 42.6. The molecule has 4 aromatic carbocycles. The van der Waals surface area contributed by atoms with Crippen molar-refractivity contribution in [3.05, 3.63) is 134 Å². The molecule has 0 atom stereocenters. The third-order valence-electron chi connectivity index (χ3n) is 7.62. The van der Waals surface area contributed by atoms with Crippen LogP contribution >= 0.6 is 0 Å². The fourth-order valence-corrected chi connectivity index (χ4v) is 5.38. The van der Waals surface area contributed by atoms with Crippen LogP contribution in [0.3, 0.4) is 0 Å². The third-order valence-corrected chi connectivity index (χ3v) is 7.62. The Morgan fingerprint density at radius 1 is 0.413 bits per heavy atom. The van der Waals surface area contributed by atoms with Crippen LogP contribution in [-0.4, -0.2) is 53.0 Å². The minimum absolute atomic E-state index is 0.498. The average Bonchev–Trinajstić information content (AvgIpc) is 3.15. The molecular weight excluding hydrogens is 572 g/mol. The minimum atomic E-state index is 0.498. The van der Waals surface area contributed by atoms with E-state index in [1.165, 1.54) is 6.33 Å². The number of hydrogen-bond acceptors (Lipinski definition) is 10. The van der Waals surface area contributed by atoms with E-state index in [1.54, 1.807) is 6.20 Å². The molecule has 0 amide bonds. The van der Waals surface area contributed by atoms with Gasteiger partial charge in [0.1, 0.15) is 12.0 Å². The molecule has 46 heavy (non-hydrogen) atoms. The van der Waals surface area contributed by atoms with Gasteiger partial charge in [-0.15, -0.1) is 0 Å². The van der Waals surface area contributed by atoms with Crippen LogP contribution in [-0.2, 0) is 0 Å². The lowest BCUT2D eigenvalue weighted by atomic mass is 10.2. The zero-order valence-corrected chi connectivity index (χ0v) is 24.6. The fourth-order valence-electron chi connectivity index (χ4n) is 5.38. The predicted octanol–water partition coefficient (Wildman–Crippen LogP) is 6.80. The van der Waals surface area contributed by atoms with Crippen molar-refractivity contribution in [2.75, 3.05) is 22.9 Å². The molecule has 0 N–H and O–H groups in total. The van der Waals surface area contributed by atoms with Gasteiger partial charge in [0.05, 0.1) is 6.20 Å². The second-order valence-corrected chi connectivity index (χ2v) is 10.6. The van der Waals surface area contributed by atoms with E-state index in [-0.39, 0.29) is 0 Å². The molecule has 8 rings (SSSR count). The van der Waals surface area contributed by atoms with Crippen molar-refractivity contribution in [3.8, 4) is 45.6 Å². The first-order chi connectivity index (χ1) is 22.8. The van der Waals surface area contributed by atoms with E-state index in [4.69, 9.17) is 34.9 Å². The summed E-state index contributed by atoms with van der Waals surface area (Å²) in [5.74, 6) is 3.99. The van der Waals surface area contributed by atoms with E-state index >= 15 is 0 Å². The highest BCUT2D eigenvalue weighted by molar-refractivity contribution is 5.78. The number of fused-ring (bicyclic) bond motifs is 1. The Morgan fingerprint density at radius 2 is 0.783 bits per heavy atom. The SMILES string of the molecule is c1ccc(-c2nc(-c3ccccc3)nc(N3CCN(c4nc(-c5ccccc5)nc(-c5ccccc5)n4)c4ncncc43)n2)cc1. The molecule has 0 bridgehead atoms. The van der Waals surface area contributed by atoms with Gasteiger partial charge in [-0.2, -0.15) is 19.9 Å². The highest BCUT2D eigenvalue weighted by Gasteiger charge is 2.31. The number of benzene rings is 4. The summed E-state index contributed by atoms with van der Waals surface area (Å²) in [6.07, 6.45) is 3.31. The molecule has 10 heteroatoms. The molecule has 7 aromatic rings. The largest absolute Gasteiger partial charge is 0.304 e. The molecule has 0 saturated heterocycles. The lowest BCUT2D eigenvalue weighted by molar-refractivity contribution is 0.781. The van der Waals surface area contributed by atoms with Crippen molar-refractivity contribution >= 4 is 23.4 Å². The monoisotopic (exact) mass is 598 g/mol. The molecule has 3 aromatic heterocycles. The quantitative estimate of drug-likeness (QED) is 0.203. The number of rotatable bonds is 6. The van der Waals surface area contributed by atoms with Crippen molar-refractivity contribution in [2.45, 2.75) is 0 Å². The molecular formula is C36H26N10. The van der Waals surface area contributed by atoms with E-state index in [2.05, 4.69) is 4.98 Å². The number of nitrogens with zero attached hydrogens (tertiary/aromatic N) is 10. The molecule has 220 valence electrons. The van der Waals surface area contributed by atoms with E-state index in [9.17, 15) is 0 Å². The molecule has 0 saturated carbocycles. The van der Waals surface area contributed by atoms with Crippen LogP contribution in [0, 0.1) is 0 Å². The van der Waals surface area contributed by atoms with Gasteiger partial charge in [0, 0.05) is 35.3 Å². The maximum Gasteiger partial charge on any atom is 0.235 e. The smallest absolute Gasteiger partial charge is 0.235 e. The Kier molecular flexibility index (Phi) is 7.04. The van der Waals surface area contributed by atoms with Gasteiger partial charge in [-0.1, -0.05) is 121 Å². The van der Waals surface area contributed by atoms with Crippen LogP contribution in [0.15, 0.2) is 134 Å². The van der Waals surface area contributed by atoms with Crippen LogP contribution < -0.4 is 9.80 Å². The molecule has 10 nitrogen and oxygen atoms in total. The van der Waals surface area contributed by atoms with E-state index < -0.39 is 0 Å². The molecule has 1 aliphatic heterocycles. The molecule has 0 radical (unpaired) electrons. The summed E-state index contributed by atoms with van der Waals surface area (Å²) in [5.41, 5.74) is 4.34. The molecule has 0 fully saturated rings. The van der Waals surface area contributed by atoms with Crippen molar-refractivity contribution in [1.82, 2.24) is 39.9 Å². The van der Waals surface area contributed by atoms with Crippen molar-refractivity contribution in [3.63, 3.8) is 0 Å². The molecule has 0 unspecified atom stereocenters. The molecule has 1 aliphatic rings. The van der Waals surface area contributed by atoms with Crippen LogP contribution in [0.25, 0.3) is 45.6 Å². The number of anilines is 4. The molecule has 0 spiro atoms. The Hall–Kier alpha value is -6.42. The summed E-state index contributed by atoms with van der Waals surface area (Å²) in [5, 5.41) is 0. The van der Waals surface area contributed by atoms with Gasteiger partial charge in [0.2, 0.25) is 11.9 Å². The fraction of sp³-hybridized carbons (Fsp3) is 0.0556. The maximum atomic E-state index is 4.95. The van der Waals surface area contributed by atoms with Gasteiger partial charge >= 0.3 is 0 Å². The highest BCUT2D eigenvalue weighted by Crippen LogP contribution is 2.38. The summed E-state index contributed by atoms with van der Waals surface area (Å²) < 4.78 is 0. The van der Waals surface area contributed by atoms with Gasteiger partial charge < -0.3 is 4.90 Å². The number of hydrogen-bond donors (Lipinski definition) is 0. The standard InChI is InChI=1S/C36H26N10/c1-5-13-25(14-6-1)30-39-31(26-15-7-2-8-16-26)42-35(41-30)45-21-22-46(34-29(45)23-37-24-38-34)36-43-32(27-17-9-3-10-18-27)40-33(44-36)28-19-11-4-12-20-28/h1-20,23-24H,21-22H2. The third kappa shape index (κ3) is 5.28. The maximum absolute atomic E-state index is 4.95. The van der Waals surface area contributed by atoms with Gasteiger partial charge in [0.25, 0.3) is 0 Å². The van der Waals surface area contributed by atoms with Gasteiger partial charge in [0.15, 0.2) is 29.1 Å². The van der Waals surface area contributed by atoms with Gasteiger partial charge in [-0.3, -0.25) is 4.90 Å². The number of aromatic nitrogens is 8. The van der Waals surface area contributed by atoms with Crippen LogP contribution in [0.1, 0.15) is 0 Å². The van der Waals surface area contributed by atoms with E-state index in [0.29, 0.717) is 54.1 Å². The Morgan fingerprint density at radius 3 is 1.20 bits per heavy atom. The van der Waals surface area contributed by atoms with Crippen molar-refractivity contribution in [2.24, 2.45) is 0 Å². The summed E-state index contributed by atoms with van der Waals surface area (Å²) in [6.45, 7) is 1.05. The average molecular weight is 599 g/mol. The zero-order valence-electron chi connectivity index (χ0n) is 24.6. The second kappa shape index (κ2) is 11.9. The van der Waals surface area contributed by atoms with E-state index in [0.717, 1.165) is 27.9 Å². The van der Waals surface area contributed by atoms with Gasteiger partial charge in [-0.25, -0.2) is 19.9 Å². The Balaban J connectivity index is 1.24. The van der Waals surface area contributed by atoms with E-state index in [1.807, 2.05) is 131 Å². The zero-order chi connectivity index (χ0) is 30.7. The minimum Gasteiger partial charge on any atom is -0.304 e. The lowest BCUT2D eigenvalue weighted by Gasteiger charge is -2.35. The normalized spacial score (nSPS) is 12.5.